The number of rotatable bonds is 8. The highest BCUT2D eigenvalue weighted by Crippen LogP contribution is 2.38. The second-order valence-electron chi connectivity index (χ2n) is 7.35. The van der Waals surface area contributed by atoms with E-state index >= 15 is 0 Å². The Labute approximate surface area is 177 Å². The third kappa shape index (κ3) is 4.49. The molecule has 0 bridgehead atoms. The van der Waals surface area contributed by atoms with E-state index in [0.29, 0.717) is 5.82 Å². The summed E-state index contributed by atoms with van der Waals surface area (Å²) in [5, 5.41) is 3.51. The number of hydrogen-bond donors (Lipinski definition) is 1. The van der Waals surface area contributed by atoms with Crippen LogP contribution in [0.4, 0.5) is 17.2 Å². The number of pyridine rings is 1. The summed E-state index contributed by atoms with van der Waals surface area (Å²) in [5.74, 6) is 0.699. The third-order valence-electron chi connectivity index (χ3n) is 5.02. The normalized spacial score (nSPS) is 10.6. The molecule has 3 rings (SSSR count). The van der Waals surface area contributed by atoms with E-state index in [2.05, 4.69) is 22.4 Å². The van der Waals surface area contributed by atoms with Crippen molar-refractivity contribution in [1.29, 1.82) is 0 Å². The van der Waals surface area contributed by atoms with E-state index in [-0.39, 0.29) is 6.04 Å². The van der Waals surface area contributed by atoms with Gasteiger partial charge in [0.15, 0.2) is 0 Å². The van der Waals surface area contributed by atoms with Gasteiger partial charge in [0.05, 0.1) is 6.04 Å². The van der Waals surface area contributed by atoms with E-state index in [9.17, 15) is 9.59 Å². The van der Waals surface area contributed by atoms with Crippen LogP contribution in [0.25, 0.3) is 0 Å². The Morgan fingerprint density at radius 2 is 1.37 bits per heavy atom. The predicted molar refractivity (Wildman–Crippen MR) is 121 cm³/mol. The highest BCUT2D eigenvalue weighted by atomic mass is 16.1. The van der Waals surface area contributed by atoms with Crippen LogP contribution in [-0.4, -0.2) is 31.9 Å². The fourth-order valence-electron chi connectivity index (χ4n) is 3.49. The molecule has 0 unspecified atom stereocenters. The molecule has 1 heterocycles. The topological polar surface area (TPSA) is 65.5 Å². The first-order chi connectivity index (χ1) is 14.4. The van der Waals surface area contributed by atoms with Gasteiger partial charge in [-0.15, -0.1) is 0 Å². The lowest BCUT2D eigenvalue weighted by Gasteiger charge is -2.29. The lowest BCUT2D eigenvalue weighted by molar-refractivity contribution is -0.107. The maximum Gasteiger partial charge on any atom is 0.213 e. The number of anilines is 3. The van der Waals surface area contributed by atoms with Crippen LogP contribution in [0.5, 0.6) is 0 Å². The highest BCUT2D eigenvalue weighted by Gasteiger charge is 2.24. The van der Waals surface area contributed by atoms with Gasteiger partial charge in [-0.2, -0.15) is 0 Å². The molecule has 1 N–H and O–H groups in total. The average molecular weight is 402 g/mol. The summed E-state index contributed by atoms with van der Waals surface area (Å²) in [5.41, 5.74) is 5.54. The van der Waals surface area contributed by atoms with E-state index in [1.54, 1.807) is 30.1 Å². The van der Waals surface area contributed by atoms with Gasteiger partial charge in [-0.1, -0.05) is 41.5 Å². The summed E-state index contributed by atoms with van der Waals surface area (Å²) in [6.07, 6.45) is 3.31. The maximum atomic E-state index is 11.6. The van der Waals surface area contributed by atoms with Crippen molar-refractivity contribution in [3.05, 3.63) is 83.0 Å². The number of amides is 2. The van der Waals surface area contributed by atoms with Crippen molar-refractivity contribution in [2.45, 2.75) is 19.9 Å². The van der Waals surface area contributed by atoms with Gasteiger partial charge in [-0.25, -0.2) is 4.98 Å². The molecule has 0 aliphatic rings. The van der Waals surface area contributed by atoms with Crippen molar-refractivity contribution in [2.75, 3.05) is 29.2 Å². The van der Waals surface area contributed by atoms with Crippen LogP contribution in [0.2, 0.25) is 0 Å². The third-order valence-corrected chi connectivity index (χ3v) is 5.02. The molecule has 0 aliphatic carbocycles. The van der Waals surface area contributed by atoms with Crippen molar-refractivity contribution in [3.8, 4) is 0 Å². The van der Waals surface area contributed by atoms with Gasteiger partial charge in [0.2, 0.25) is 12.8 Å². The molecule has 6 nitrogen and oxygen atoms in total. The summed E-state index contributed by atoms with van der Waals surface area (Å²) < 4.78 is 0. The molecule has 154 valence electrons. The standard InChI is InChI=1S/C24H26N4O2/c1-17-8-10-21(27(3)15-29)19(13-17)24(26-23-7-5-6-12-25-23)20-14-18(2)9-11-22(20)28(4)16-30/h5-16,24H,1-4H3,(H,25,26). The van der Waals surface area contributed by atoms with Gasteiger partial charge in [0.1, 0.15) is 5.82 Å². The number of nitrogens with one attached hydrogen (secondary N) is 1. The number of aryl methyl sites for hydroxylation is 2. The van der Waals surface area contributed by atoms with Crippen molar-refractivity contribution < 1.29 is 9.59 Å². The Morgan fingerprint density at radius 3 is 1.80 bits per heavy atom. The lowest BCUT2D eigenvalue weighted by Crippen LogP contribution is -2.23. The van der Waals surface area contributed by atoms with E-state index in [4.69, 9.17) is 0 Å². The molecular formula is C24H26N4O2. The molecule has 6 heteroatoms. The summed E-state index contributed by atoms with van der Waals surface area (Å²) >= 11 is 0. The van der Waals surface area contributed by atoms with E-state index in [1.165, 1.54) is 0 Å². The largest absolute Gasteiger partial charge is 0.359 e. The minimum absolute atomic E-state index is 0.338. The molecule has 2 aromatic carbocycles. The van der Waals surface area contributed by atoms with Crippen LogP contribution >= 0.6 is 0 Å². The zero-order chi connectivity index (χ0) is 21.7. The van der Waals surface area contributed by atoms with Gasteiger partial charge >= 0.3 is 0 Å². The molecule has 0 atom stereocenters. The van der Waals surface area contributed by atoms with Gasteiger partial charge in [-0.05, 0) is 38.1 Å². The van der Waals surface area contributed by atoms with Crippen LogP contribution in [0, 0.1) is 13.8 Å². The summed E-state index contributed by atoms with van der Waals surface area (Å²) in [6.45, 7) is 4.03. The van der Waals surface area contributed by atoms with E-state index in [0.717, 1.165) is 46.4 Å². The van der Waals surface area contributed by atoms with Gasteiger partial charge in [0.25, 0.3) is 0 Å². The molecule has 0 fully saturated rings. The summed E-state index contributed by atoms with van der Waals surface area (Å²) in [4.78, 5) is 30.7. The SMILES string of the molecule is Cc1ccc(N(C)C=O)c(C(Nc2ccccn2)c2cc(C)ccc2N(C)C=O)c1. The van der Waals surface area contributed by atoms with Crippen LogP contribution in [0.1, 0.15) is 28.3 Å². The summed E-state index contributed by atoms with van der Waals surface area (Å²) in [6, 6.07) is 17.3. The summed E-state index contributed by atoms with van der Waals surface area (Å²) in [7, 11) is 3.46. The molecule has 0 spiro atoms. The Kier molecular flexibility index (Phi) is 6.47. The number of carbonyl (C=O) groups excluding carboxylic acids is 2. The first-order valence-electron chi connectivity index (χ1n) is 9.69. The van der Waals surface area contributed by atoms with E-state index < -0.39 is 0 Å². The molecule has 0 radical (unpaired) electrons. The lowest BCUT2D eigenvalue weighted by atomic mass is 9.92. The number of nitrogens with zero attached hydrogens (tertiary/aromatic N) is 3. The number of benzene rings is 2. The van der Waals surface area contributed by atoms with Crippen molar-refractivity contribution in [3.63, 3.8) is 0 Å². The zero-order valence-corrected chi connectivity index (χ0v) is 17.7. The fourth-order valence-corrected chi connectivity index (χ4v) is 3.49. The fraction of sp³-hybridized carbons (Fsp3) is 0.208. The molecule has 2 amide bonds. The van der Waals surface area contributed by atoms with Crippen LogP contribution in [-0.2, 0) is 9.59 Å². The van der Waals surface area contributed by atoms with Crippen LogP contribution in [0.15, 0.2) is 60.8 Å². The molecule has 3 aromatic rings. The molecule has 30 heavy (non-hydrogen) atoms. The Morgan fingerprint density at radius 1 is 0.833 bits per heavy atom. The molecule has 0 saturated heterocycles. The van der Waals surface area contributed by atoms with Crippen molar-refractivity contribution >= 4 is 30.0 Å². The highest BCUT2D eigenvalue weighted by molar-refractivity contribution is 5.80. The average Bonchev–Trinajstić information content (AvgIpc) is 2.77. The van der Waals surface area contributed by atoms with Crippen molar-refractivity contribution in [2.24, 2.45) is 0 Å². The molecule has 0 aliphatic heterocycles. The second kappa shape index (κ2) is 9.22. The monoisotopic (exact) mass is 402 g/mol. The Balaban J connectivity index is 2.26. The first-order valence-corrected chi connectivity index (χ1v) is 9.69. The van der Waals surface area contributed by atoms with Crippen LogP contribution in [0.3, 0.4) is 0 Å². The minimum atomic E-state index is -0.338. The van der Waals surface area contributed by atoms with Gasteiger partial charge in [-0.3, -0.25) is 9.59 Å². The predicted octanol–water partition coefficient (Wildman–Crippen LogP) is 4.09. The van der Waals surface area contributed by atoms with E-state index in [1.807, 2.05) is 56.3 Å². The zero-order valence-electron chi connectivity index (χ0n) is 17.7. The second-order valence-corrected chi connectivity index (χ2v) is 7.35. The van der Waals surface area contributed by atoms with Gasteiger partial charge < -0.3 is 15.1 Å². The molecular weight excluding hydrogens is 376 g/mol. The Hall–Kier alpha value is -3.67. The quantitative estimate of drug-likeness (QED) is 0.577. The van der Waals surface area contributed by atoms with Crippen molar-refractivity contribution in [1.82, 2.24) is 4.98 Å². The van der Waals surface area contributed by atoms with Crippen LogP contribution < -0.4 is 15.1 Å². The molecule has 1 aromatic heterocycles. The Bertz CT molecular complexity index is 973. The number of hydrogen-bond acceptors (Lipinski definition) is 4. The smallest absolute Gasteiger partial charge is 0.213 e. The van der Waals surface area contributed by atoms with Gasteiger partial charge in [0, 0.05) is 42.8 Å². The molecule has 0 saturated carbocycles. The minimum Gasteiger partial charge on any atom is -0.359 e. The maximum absolute atomic E-state index is 11.6. The number of carbonyl (C=O) groups is 2. The first kappa shape index (κ1) is 21.0. The number of aromatic nitrogens is 1.